The first-order valence-electron chi connectivity index (χ1n) is 9.69. The van der Waals surface area contributed by atoms with Gasteiger partial charge in [-0.15, -0.1) is 0 Å². The molecule has 30 heavy (non-hydrogen) atoms. The van der Waals surface area contributed by atoms with Crippen LogP contribution in [-0.2, 0) is 6.42 Å². The van der Waals surface area contributed by atoms with Gasteiger partial charge >= 0.3 is 5.97 Å². The van der Waals surface area contributed by atoms with E-state index in [-0.39, 0.29) is 17.0 Å². The highest BCUT2D eigenvalue weighted by Crippen LogP contribution is 2.47. The number of carboxylic acid groups (broad SMARTS) is 1. The highest BCUT2D eigenvalue weighted by molar-refractivity contribution is 7.03. The molecule has 5 rings (SSSR count). The van der Waals surface area contributed by atoms with Gasteiger partial charge in [-0.05, 0) is 23.4 Å². The molecule has 152 valence electrons. The first kappa shape index (κ1) is 18.8. The van der Waals surface area contributed by atoms with Crippen molar-refractivity contribution in [3.8, 4) is 22.6 Å². The number of carbonyl (C=O) groups is 1. The van der Waals surface area contributed by atoms with Crippen LogP contribution in [-0.4, -0.2) is 20.0 Å². The minimum atomic E-state index is -1.22. The average molecular weight is 420 g/mol. The van der Waals surface area contributed by atoms with E-state index in [1.807, 2.05) is 34.3 Å². The van der Waals surface area contributed by atoms with Crippen LogP contribution in [0.3, 0.4) is 0 Å². The van der Waals surface area contributed by atoms with Gasteiger partial charge in [-0.25, -0.2) is 9.17 Å². The highest BCUT2D eigenvalue weighted by Gasteiger charge is 2.36. The van der Waals surface area contributed by atoms with Crippen molar-refractivity contribution >= 4 is 28.5 Å². The molecule has 6 nitrogen and oxygen atoms in total. The quantitative estimate of drug-likeness (QED) is 0.480. The lowest BCUT2D eigenvalue weighted by Gasteiger charge is -2.37. The summed E-state index contributed by atoms with van der Waals surface area (Å²) in [4.78, 5) is 24.1. The van der Waals surface area contributed by atoms with Gasteiger partial charge in [0.15, 0.2) is 11.2 Å². The first-order valence-corrected chi connectivity index (χ1v) is 10.5. The van der Waals surface area contributed by atoms with Gasteiger partial charge < -0.3 is 14.1 Å². The van der Waals surface area contributed by atoms with Gasteiger partial charge in [-0.1, -0.05) is 39.0 Å². The number of rotatable bonds is 2. The minimum absolute atomic E-state index is 0.0222. The van der Waals surface area contributed by atoms with Crippen molar-refractivity contribution in [2.24, 2.45) is 5.41 Å². The van der Waals surface area contributed by atoms with Crippen molar-refractivity contribution in [1.29, 1.82) is 0 Å². The van der Waals surface area contributed by atoms with E-state index in [9.17, 15) is 14.7 Å². The fraction of sp³-hybridized carbons (Fsp3) is 0.261. The molecule has 0 bridgehead atoms. The Morgan fingerprint density at radius 2 is 2.13 bits per heavy atom. The number of fused-ring (bicyclic) bond motifs is 5. The molecular weight excluding hydrogens is 400 g/mol. The summed E-state index contributed by atoms with van der Waals surface area (Å²) in [6.07, 6.45) is 3.97. The second-order valence-corrected chi connectivity index (χ2v) is 9.40. The fourth-order valence-corrected chi connectivity index (χ4v) is 4.85. The van der Waals surface area contributed by atoms with Crippen molar-refractivity contribution in [2.75, 3.05) is 0 Å². The van der Waals surface area contributed by atoms with Gasteiger partial charge in [-0.2, -0.15) is 0 Å². The van der Waals surface area contributed by atoms with E-state index in [0.29, 0.717) is 17.9 Å². The Morgan fingerprint density at radius 1 is 1.33 bits per heavy atom. The van der Waals surface area contributed by atoms with Crippen molar-refractivity contribution in [3.05, 3.63) is 63.4 Å². The number of nitrogens with zero attached hydrogens (tertiary/aromatic N) is 2. The Balaban J connectivity index is 1.84. The summed E-state index contributed by atoms with van der Waals surface area (Å²) in [6.45, 7) is 6.36. The molecule has 4 aromatic rings. The number of pyridine rings is 1. The number of carboxylic acids is 1. The molecular formula is C23H20N2O4S. The zero-order chi connectivity index (χ0) is 21.2. The lowest BCUT2D eigenvalue weighted by atomic mass is 9.79. The highest BCUT2D eigenvalue weighted by atomic mass is 32.1. The van der Waals surface area contributed by atoms with Crippen LogP contribution in [0.1, 0.15) is 42.7 Å². The molecule has 1 N–H and O–H groups in total. The Hall–Kier alpha value is -3.19. The monoisotopic (exact) mass is 420 g/mol. The molecule has 0 spiro atoms. The number of aromatic carboxylic acids is 1. The van der Waals surface area contributed by atoms with Crippen molar-refractivity contribution < 1.29 is 14.3 Å². The van der Waals surface area contributed by atoms with E-state index in [0.717, 1.165) is 27.7 Å². The van der Waals surface area contributed by atoms with Gasteiger partial charge in [0.1, 0.15) is 11.1 Å². The van der Waals surface area contributed by atoms with Gasteiger partial charge in [0.2, 0.25) is 0 Å². The average Bonchev–Trinajstić information content (AvgIpc) is 3.33. The molecule has 0 radical (unpaired) electrons. The largest absolute Gasteiger partial charge is 0.477 e. The summed E-state index contributed by atoms with van der Waals surface area (Å²) in [5, 5.41) is 12.5. The Bertz CT molecular complexity index is 1360. The standard InChI is InChI=1S/C23H20N2O4S/c1-23(2,3)19-7-15-14-6-4-5-13(12-9-24-30-11-12)20(14)29-21(15)17-8-18(26)16(22(27)28)10-25(17)19/h4-6,8-11,19H,7H2,1-3H3,(H,27,28)/t19-/m0/s1. The smallest absolute Gasteiger partial charge is 0.341 e. The van der Waals surface area contributed by atoms with Crippen LogP contribution in [0.5, 0.6) is 0 Å². The number of para-hydroxylation sites is 1. The second kappa shape index (κ2) is 6.40. The molecule has 1 atom stereocenters. The Labute approximate surface area is 176 Å². The molecule has 7 heteroatoms. The molecule has 3 aromatic heterocycles. The zero-order valence-electron chi connectivity index (χ0n) is 16.8. The molecule has 1 aliphatic heterocycles. The lowest BCUT2D eigenvalue weighted by molar-refractivity contribution is 0.0693. The Kier molecular flexibility index (Phi) is 4.02. The van der Waals surface area contributed by atoms with Crippen LogP contribution in [0, 0.1) is 5.41 Å². The third-order valence-corrected chi connectivity index (χ3v) is 6.42. The molecule has 0 unspecified atom stereocenters. The van der Waals surface area contributed by atoms with Crippen molar-refractivity contribution in [1.82, 2.24) is 8.94 Å². The maximum atomic E-state index is 12.5. The van der Waals surface area contributed by atoms with Gasteiger partial charge in [-0.3, -0.25) is 4.79 Å². The predicted molar refractivity (Wildman–Crippen MR) is 116 cm³/mol. The summed E-state index contributed by atoms with van der Waals surface area (Å²) in [5.74, 6) is -0.583. The maximum Gasteiger partial charge on any atom is 0.341 e. The third-order valence-electron chi connectivity index (χ3n) is 5.84. The van der Waals surface area contributed by atoms with Crippen molar-refractivity contribution in [2.45, 2.75) is 33.2 Å². The molecule has 1 aromatic carbocycles. The van der Waals surface area contributed by atoms with Crippen LogP contribution in [0.25, 0.3) is 33.6 Å². The van der Waals surface area contributed by atoms with E-state index >= 15 is 0 Å². The van der Waals surface area contributed by atoms with Crippen LogP contribution >= 0.6 is 11.5 Å². The summed E-state index contributed by atoms with van der Waals surface area (Å²) in [5.41, 5.74) is 3.49. The van der Waals surface area contributed by atoms with E-state index in [4.69, 9.17) is 4.42 Å². The van der Waals surface area contributed by atoms with E-state index in [1.165, 1.54) is 23.8 Å². The van der Waals surface area contributed by atoms with E-state index < -0.39 is 11.4 Å². The van der Waals surface area contributed by atoms with Crippen LogP contribution in [0.15, 0.2) is 51.3 Å². The zero-order valence-corrected chi connectivity index (χ0v) is 17.6. The molecule has 1 aliphatic rings. The van der Waals surface area contributed by atoms with E-state index in [1.54, 1.807) is 0 Å². The summed E-state index contributed by atoms with van der Waals surface area (Å²) in [7, 11) is 0. The predicted octanol–water partition coefficient (Wildman–Crippen LogP) is 5.23. The summed E-state index contributed by atoms with van der Waals surface area (Å²) >= 11 is 1.38. The first-order chi connectivity index (χ1) is 14.3. The van der Waals surface area contributed by atoms with Gasteiger partial charge in [0, 0.05) is 52.0 Å². The fourth-order valence-electron chi connectivity index (χ4n) is 4.31. The summed E-state index contributed by atoms with van der Waals surface area (Å²) in [6, 6.07) is 7.43. The SMILES string of the molecule is CC(C)(C)[C@@H]1Cc2c(oc3c(-c4cnsc4)cccc23)-c2cc(=O)c(C(=O)O)cn21. The molecule has 4 heterocycles. The third kappa shape index (κ3) is 2.73. The molecule has 0 saturated carbocycles. The number of benzene rings is 1. The van der Waals surface area contributed by atoms with Crippen LogP contribution in [0.2, 0.25) is 0 Å². The number of aromatic nitrogens is 2. The van der Waals surface area contributed by atoms with Gasteiger partial charge in [0.25, 0.3) is 0 Å². The molecule has 0 saturated heterocycles. The number of hydrogen-bond donors (Lipinski definition) is 1. The molecule has 0 fully saturated rings. The normalized spacial score (nSPS) is 15.8. The van der Waals surface area contributed by atoms with Crippen LogP contribution < -0.4 is 5.43 Å². The van der Waals surface area contributed by atoms with Gasteiger partial charge in [0.05, 0.1) is 5.69 Å². The Morgan fingerprint density at radius 3 is 2.80 bits per heavy atom. The van der Waals surface area contributed by atoms with Crippen molar-refractivity contribution in [3.63, 3.8) is 0 Å². The molecule has 0 amide bonds. The minimum Gasteiger partial charge on any atom is -0.477 e. The maximum absolute atomic E-state index is 12.5. The summed E-state index contributed by atoms with van der Waals surface area (Å²) < 4.78 is 12.5. The van der Waals surface area contributed by atoms with E-state index in [2.05, 4.69) is 25.1 Å². The lowest BCUT2D eigenvalue weighted by Crippen LogP contribution is -2.32. The molecule has 0 aliphatic carbocycles. The number of hydrogen-bond acceptors (Lipinski definition) is 5. The second-order valence-electron chi connectivity index (χ2n) is 8.74. The number of furan rings is 1. The topological polar surface area (TPSA) is 85.3 Å². The van der Waals surface area contributed by atoms with Crippen LogP contribution in [0.4, 0.5) is 0 Å².